The number of pyridine rings is 1. The molecule has 0 saturated heterocycles. The number of carbonyl (C=O) groups is 1. The number of halogens is 1. The molecule has 0 saturated carbocycles. The van der Waals surface area contributed by atoms with Gasteiger partial charge in [-0.2, -0.15) is 0 Å². The fourth-order valence-electron chi connectivity index (χ4n) is 2.67. The van der Waals surface area contributed by atoms with Gasteiger partial charge in [0, 0.05) is 24.1 Å². The third kappa shape index (κ3) is 4.41. The Morgan fingerprint density at radius 1 is 1.07 bits per heavy atom. The number of aromatic nitrogens is 1. The molecule has 5 nitrogen and oxygen atoms in total. The zero-order valence-electron chi connectivity index (χ0n) is 15.2. The van der Waals surface area contributed by atoms with Crippen LogP contribution in [0.1, 0.15) is 17.3 Å². The third-order valence-corrected chi connectivity index (χ3v) is 3.97. The van der Waals surface area contributed by atoms with Gasteiger partial charge in [0.15, 0.2) is 0 Å². The Morgan fingerprint density at radius 3 is 2.56 bits per heavy atom. The lowest BCUT2D eigenvalue weighted by atomic mass is 10.1. The van der Waals surface area contributed by atoms with Crippen LogP contribution in [0.2, 0.25) is 0 Å². The number of nitrogens with zero attached hydrogens (tertiary/aromatic N) is 1. The van der Waals surface area contributed by atoms with E-state index in [1.54, 1.807) is 43.5 Å². The molecule has 0 unspecified atom stereocenters. The van der Waals surface area contributed by atoms with Gasteiger partial charge in [0.1, 0.15) is 18.2 Å². The Hall–Kier alpha value is -2.99. The fourth-order valence-corrected chi connectivity index (χ4v) is 2.67. The number of hydrogen-bond donors (Lipinski definition) is 0. The molecule has 0 atom stereocenters. The molecule has 6 heteroatoms. The molecule has 1 aromatic heterocycles. The average Bonchev–Trinajstić information content (AvgIpc) is 2.68. The quantitative estimate of drug-likeness (QED) is 0.460. The van der Waals surface area contributed by atoms with Crippen LogP contribution in [0.15, 0.2) is 48.5 Å². The first-order chi connectivity index (χ1) is 13.1. The highest BCUT2D eigenvalue weighted by atomic mass is 19.1. The molecule has 0 N–H and O–H groups in total. The van der Waals surface area contributed by atoms with E-state index in [4.69, 9.17) is 14.2 Å². The summed E-state index contributed by atoms with van der Waals surface area (Å²) in [6, 6.07) is 13.0. The van der Waals surface area contributed by atoms with Gasteiger partial charge in [0.2, 0.25) is 0 Å². The molecule has 3 aromatic rings. The maximum Gasteiger partial charge on any atom is 0.338 e. The van der Waals surface area contributed by atoms with Crippen molar-refractivity contribution in [3.8, 4) is 17.0 Å². The molecule has 0 bridgehead atoms. The van der Waals surface area contributed by atoms with Crippen molar-refractivity contribution in [1.82, 2.24) is 4.98 Å². The lowest BCUT2D eigenvalue weighted by Gasteiger charge is -2.12. The Kier molecular flexibility index (Phi) is 5.98. The number of ether oxygens (including phenoxy) is 3. The molecule has 0 spiro atoms. The zero-order valence-corrected chi connectivity index (χ0v) is 15.2. The number of esters is 1. The molecule has 0 aliphatic heterocycles. The summed E-state index contributed by atoms with van der Waals surface area (Å²) in [4.78, 5) is 16.8. The first kappa shape index (κ1) is 18.8. The van der Waals surface area contributed by atoms with E-state index in [9.17, 15) is 9.18 Å². The molecule has 0 fully saturated rings. The van der Waals surface area contributed by atoms with Crippen LogP contribution in [0.3, 0.4) is 0 Å². The van der Waals surface area contributed by atoms with E-state index in [1.165, 1.54) is 12.1 Å². The normalized spacial score (nSPS) is 10.8. The minimum atomic E-state index is -0.431. The van der Waals surface area contributed by atoms with Crippen molar-refractivity contribution >= 4 is 16.9 Å². The molecule has 140 valence electrons. The standard InChI is InChI=1S/C21H20FNO4/c1-3-26-20-13-19(14-4-7-16(22)8-5-14)23-18-9-6-15(12-17(18)20)21(24)27-11-10-25-2/h4-9,12-13H,3,10-11H2,1-2H3. The Bertz CT molecular complexity index is 941. The van der Waals surface area contributed by atoms with E-state index in [1.807, 2.05) is 6.92 Å². The SMILES string of the molecule is CCOc1cc(-c2ccc(F)cc2)nc2ccc(C(=O)OCCOC)cc12. The summed E-state index contributed by atoms with van der Waals surface area (Å²) in [6.45, 7) is 2.87. The van der Waals surface area contributed by atoms with Crippen LogP contribution in [0.4, 0.5) is 4.39 Å². The van der Waals surface area contributed by atoms with Crippen LogP contribution in [-0.2, 0) is 9.47 Å². The summed E-state index contributed by atoms with van der Waals surface area (Å²) in [5.74, 6) is -0.131. The first-order valence-corrected chi connectivity index (χ1v) is 8.62. The predicted molar refractivity (Wildman–Crippen MR) is 100 cm³/mol. The van der Waals surface area contributed by atoms with Gasteiger partial charge in [-0.25, -0.2) is 14.2 Å². The minimum Gasteiger partial charge on any atom is -0.493 e. The van der Waals surface area contributed by atoms with Crippen molar-refractivity contribution in [1.29, 1.82) is 0 Å². The molecule has 27 heavy (non-hydrogen) atoms. The third-order valence-electron chi connectivity index (χ3n) is 3.97. The molecule has 3 rings (SSSR count). The second-order valence-electron chi connectivity index (χ2n) is 5.81. The van der Waals surface area contributed by atoms with E-state index < -0.39 is 5.97 Å². The van der Waals surface area contributed by atoms with Gasteiger partial charge < -0.3 is 14.2 Å². The monoisotopic (exact) mass is 369 g/mol. The van der Waals surface area contributed by atoms with Gasteiger partial charge in [-0.05, 0) is 49.4 Å². The summed E-state index contributed by atoms with van der Waals surface area (Å²) in [5, 5.41) is 0.712. The van der Waals surface area contributed by atoms with Gasteiger partial charge in [-0.1, -0.05) is 0 Å². The van der Waals surface area contributed by atoms with Gasteiger partial charge in [-0.3, -0.25) is 0 Å². The predicted octanol–water partition coefficient (Wildman–Crippen LogP) is 4.24. The molecular formula is C21H20FNO4. The summed E-state index contributed by atoms with van der Waals surface area (Å²) >= 11 is 0. The second kappa shape index (κ2) is 8.60. The summed E-state index contributed by atoms with van der Waals surface area (Å²) in [6.07, 6.45) is 0. The number of rotatable bonds is 7. The number of benzene rings is 2. The molecule has 0 aliphatic carbocycles. The van der Waals surface area contributed by atoms with Crippen molar-refractivity contribution in [3.05, 3.63) is 59.9 Å². The molecule has 2 aromatic carbocycles. The van der Waals surface area contributed by atoms with E-state index >= 15 is 0 Å². The number of fused-ring (bicyclic) bond motifs is 1. The van der Waals surface area contributed by atoms with Crippen molar-refractivity contribution in [2.45, 2.75) is 6.92 Å². The fraction of sp³-hybridized carbons (Fsp3) is 0.238. The summed E-state index contributed by atoms with van der Waals surface area (Å²) < 4.78 is 29.0. The Morgan fingerprint density at radius 2 is 1.85 bits per heavy atom. The highest BCUT2D eigenvalue weighted by molar-refractivity contribution is 5.97. The maximum absolute atomic E-state index is 13.2. The number of carbonyl (C=O) groups excluding carboxylic acids is 1. The van der Waals surface area contributed by atoms with Crippen molar-refractivity contribution in [2.75, 3.05) is 26.9 Å². The zero-order chi connectivity index (χ0) is 19.2. The highest BCUT2D eigenvalue weighted by Crippen LogP contribution is 2.31. The first-order valence-electron chi connectivity index (χ1n) is 8.62. The van der Waals surface area contributed by atoms with Crippen molar-refractivity contribution in [2.24, 2.45) is 0 Å². The van der Waals surface area contributed by atoms with Gasteiger partial charge in [-0.15, -0.1) is 0 Å². The molecule has 0 radical (unpaired) electrons. The largest absolute Gasteiger partial charge is 0.493 e. The van der Waals surface area contributed by atoms with E-state index in [2.05, 4.69) is 4.98 Å². The Labute approximate surface area is 156 Å². The van der Waals surface area contributed by atoms with E-state index in [0.717, 1.165) is 5.56 Å². The van der Waals surface area contributed by atoms with E-state index in [-0.39, 0.29) is 12.4 Å². The average molecular weight is 369 g/mol. The maximum atomic E-state index is 13.2. The van der Waals surface area contributed by atoms with Crippen molar-refractivity contribution < 1.29 is 23.4 Å². The van der Waals surface area contributed by atoms with Crippen LogP contribution < -0.4 is 4.74 Å². The Balaban J connectivity index is 2.00. The van der Waals surface area contributed by atoms with Crippen LogP contribution in [0, 0.1) is 5.82 Å². The molecule has 0 amide bonds. The van der Waals surface area contributed by atoms with Crippen LogP contribution in [0.25, 0.3) is 22.2 Å². The van der Waals surface area contributed by atoms with Gasteiger partial charge in [0.25, 0.3) is 0 Å². The lowest BCUT2D eigenvalue weighted by Crippen LogP contribution is -2.10. The van der Waals surface area contributed by atoms with Crippen LogP contribution in [0.5, 0.6) is 5.75 Å². The summed E-state index contributed by atoms with van der Waals surface area (Å²) in [5.41, 5.74) is 2.54. The summed E-state index contributed by atoms with van der Waals surface area (Å²) in [7, 11) is 1.54. The molecule has 1 heterocycles. The van der Waals surface area contributed by atoms with Crippen LogP contribution >= 0.6 is 0 Å². The van der Waals surface area contributed by atoms with Gasteiger partial charge in [0.05, 0.1) is 30.0 Å². The smallest absolute Gasteiger partial charge is 0.338 e. The highest BCUT2D eigenvalue weighted by Gasteiger charge is 2.13. The van der Waals surface area contributed by atoms with Crippen LogP contribution in [-0.4, -0.2) is 37.9 Å². The molecular weight excluding hydrogens is 349 g/mol. The topological polar surface area (TPSA) is 57.7 Å². The second-order valence-corrected chi connectivity index (χ2v) is 5.81. The minimum absolute atomic E-state index is 0.188. The lowest BCUT2D eigenvalue weighted by molar-refractivity contribution is 0.0388. The molecule has 0 aliphatic rings. The van der Waals surface area contributed by atoms with Gasteiger partial charge >= 0.3 is 5.97 Å². The number of methoxy groups -OCH3 is 1. The van der Waals surface area contributed by atoms with Crippen molar-refractivity contribution in [3.63, 3.8) is 0 Å². The van der Waals surface area contributed by atoms with E-state index in [0.29, 0.717) is 41.1 Å². The number of hydrogen-bond acceptors (Lipinski definition) is 5.